The highest BCUT2D eigenvalue weighted by Crippen LogP contribution is 2.35. The van der Waals surface area contributed by atoms with E-state index in [0.717, 1.165) is 11.3 Å². The molecule has 0 aliphatic heterocycles. The molecule has 2 nitrogen and oxygen atoms in total. The standard InChI is InChI=1S/C8H8F2N2S/c9-8(10,3-4-11)7-2-1-6(5-12)13-7/h1-2H,3-4,11H2. The molecule has 5 heteroatoms. The Labute approximate surface area is 78.6 Å². The third kappa shape index (κ3) is 2.23. The Morgan fingerprint density at radius 3 is 2.69 bits per heavy atom. The van der Waals surface area contributed by atoms with Gasteiger partial charge in [0.2, 0.25) is 0 Å². The number of hydrogen-bond donors (Lipinski definition) is 1. The number of nitrogens with zero attached hydrogens (tertiary/aromatic N) is 1. The summed E-state index contributed by atoms with van der Waals surface area (Å²) in [5, 5.41) is 8.44. The van der Waals surface area contributed by atoms with Crippen molar-refractivity contribution in [3.8, 4) is 6.07 Å². The first-order valence-electron chi connectivity index (χ1n) is 3.68. The Kier molecular flexibility index (Phi) is 2.96. The molecular formula is C8H8F2N2S. The smallest absolute Gasteiger partial charge is 0.283 e. The van der Waals surface area contributed by atoms with E-state index in [1.54, 1.807) is 0 Å². The molecule has 13 heavy (non-hydrogen) atoms. The molecule has 0 saturated carbocycles. The van der Waals surface area contributed by atoms with Crippen molar-refractivity contribution in [1.82, 2.24) is 0 Å². The van der Waals surface area contributed by atoms with Gasteiger partial charge in [0.1, 0.15) is 10.9 Å². The second-order valence-electron chi connectivity index (χ2n) is 2.52. The number of alkyl halides is 2. The summed E-state index contributed by atoms with van der Waals surface area (Å²) in [6.45, 7) is -0.0627. The van der Waals surface area contributed by atoms with Crippen LogP contribution in [0.3, 0.4) is 0 Å². The molecule has 1 aromatic rings. The van der Waals surface area contributed by atoms with Crippen molar-refractivity contribution < 1.29 is 8.78 Å². The summed E-state index contributed by atoms with van der Waals surface area (Å²) >= 11 is 0.813. The predicted molar refractivity (Wildman–Crippen MR) is 46.6 cm³/mol. The van der Waals surface area contributed by atoms with Crippen molar-refractivity contribution in [3.05, 3.63) is 21.9 Å². The minimum absolute atomic E-state index is 0.0627. The Bertz CT molecular complexity index is 327. The normalized spacial score (nSPS) is 11.2. The van der Waals surface area contributed by atoms with Crippen molar-refractivity contribution in [2.75, 3.05) is 6.54 Å². The maximum atomic E-state index is 13.1. The summed E-state index contributed by atoms with van der Waals surface area (Å²) in [5.74, 6) is -2.89. The average Bonchev–Trinajstić information content (AvgIpc) is 2.52. The van der Waals surface area contributed by atoms with Gasteiger partial charge in [-0.1, -0.05) is 0 Å². The van der Waals surface area contributed by atoms with Crippen LogP contribution in [0.4, 0.5) is 8.78 Å². The van der Waals surface area contributed by atoms with Crippen LogP contribution >= 0.6 is 11.3 Å². The molecule has 70 valence electrons. The number of nitriles is 1. The lowest BCUT2D eigenvalue weighted by atomic mass is 10.2. The van der Waals surface area contributed by atoms with Crippen LogP contribution in [-0.4, -0.2) is 6.54 Å². The maximum absolute atomic E-state index is 13.1. The molecule has 0 spiro atoms. The zero-order valence-corrected chi connectivity index (χ0v) is 7.57. The van der Waals surface area contributed by atoms with Crippen LogP contribution in [0.5, 0.6) is 0 Å². The van der Waals surface area contributed by atoms with Crippen LogP contribution in [-0.2, 0) is 5.92 Å². The van der Waals surface area contributed by atoms with Gasteiger partial charge in [-0.25, -0.2) is 8.78 Å². The maximum Gasteiger partial charge on any atom is 0.283 e. The van der Waals surface area contributed by atoms with Crippen LogP contribution in [0.2, 0.25) is 0 Å². The van der Waals surface area contributed by atoms with Gasteiger partial charge in [0, 0.05) is 6.42 Å². The van der Waals surface area contributed by atoms with Crippen LogP contribution in [0, 0.1) is 11.3 Å². The zero-order chi connectivity index (χ0) is 9.90. The third-order valence-electron chi connectivity index (χ3n) is 1.54. The average molecular weight is 202 g/mol. The number of hydrogen-bond acceptors (Lipinski definition) is 3. The summed E-state index contributed by atoms with van der Waals surface area (Å²) in [6, 6.07) is 4.49. The molecular weight excluding hydrogens is 194 g/mol. The summed E-state index contributed by atoms with van der Waals surface area (Å²) in [5.41, 5.74) is 5.05. The van der Waals surface area contributed by atoms with E-state index in [1.165, 1.54) is 12.1 Å². The quantitative estimate of drug-likeness (QED) is 0.815. The number of thiophene rings is 1. The molecule has 2 N–H and O–H groups in total. The molecule has 0 atom stereocenters. The Morgan fingerprint density at radius 1 is 1.54 bits per heavy atom. The lowest BCUT2D eigenvalue weighted by Crippen LogP contribution is -2.17. The summed E-state index contributed by atoms with van der Waals surface area (Å²) in [4.78, 5) is 0.209. The van der Waals surface area contributed by atoms with E-state index in [1.807, 2.05) is 6.07 Å². The second-order valence-corrected chi connectivity index (χ2v) is 3.60. The lowest BCUT2D eigenvalue weighted by molar-refractivity contribution is -0.00681. The van der Waals surface area contributed by atoms with Gasteiger partial charge in [0.15, 0.2) is 0 Å². The van der Waals surface area contributed by atoms with Crippen molar-refractivity contribution in [2.24, 2.45) is 5.73 Å². The van der Waals surface area contributed by atoms with Gasteiger partial charge in [-0.15, -0.1) is 11.3 Å². The first kappa shape index (κ1) is 10.1. The summed E-state index contributed by atoms with van der Waals surface area (Å²) in [6.07, 6.45) is -0.377. The second kappa shape index (κ2) is 3.81. The SMILES string of the molecule is N#Cc1ccc(C(F)(F)CCN)s1. The van der Waals surface area contributed by atoms with Gasteiger partial charge < -0.3 is 5.73 Å². The molecule has 0 saturated heterocycles. The van der Waals surface area contributed by atoms with Crippen LogP contribution in [0.1, 0.15) is 16.2 Å². The topological polar surface area (TPSA) is 49.8 Å². The zero-order valence-electron chi connectivity index (χ0n) is 6.76. The lowest BCUT2D eigenvalue weighted by Gasteiger charge is -2.12. The first-order chi connectivity index (χ1) is 6.10. The van der Waals surface area contributed by atoms with Gasteiger partial charge in [0.25, 0.3) is 5.92 Å². The fourth-order valence-corrected chi connectivity index (χ4v) is 1.71. The van der Waals surface area contributed by atoms with Gasteiger partial charge in [-0.3, -0.25) is 0 Å². The molecule has 0 aliphatic carbocycles. The van der Waals surface area contributed by atoms with Gasteiger partial charge in [-0.2, -0.15) is 5.26 Å². The number of halogens is 2. The highest BCUT2D eigenvalue weighted by Gasteiger charge is 2.32. The minimum atomic E-state index is -2.89. The van der Waals surface area contributed by atoms with E-state index in [-0.39, 0.29) is 17.8 Å². The predicted octanol–water partition coefficient (Wildman–Crippen LogP) is 2.06. The highest BCUT2D eigenvalue weighted by atomic mass is 32.1. The number of rotatable bonds is 3. The first-order valence-corrected chi connectivity index (χ1v) is 4.50. The van der Waals surface area contributed by atoms with Crippen molar-refractivity contribution in [2.45, 2.75) is 12.3 Å². The minimum Gasteiger partial charge on any atom is -0.330 e. The highest BCUT2D eigenvalue weighted by molar-refractivity contribution is 7.12. The molecule has 0 unspecified atom stereocenters. The van der Waals surface area contributed by atoms with Crippen molar-refractivity contribution >= 4 is 11.3 Å². The van der Waals surface area contributed by atoms with Crippen LogP contribution < -0.4 is 5.73 Å². The molecule has 1 heterocycles. The van der Waals surface area contributed by atoms with E-state index in [9.17, 15) is 8.78 Å². The third-order valence-corrected chi connectivity index (χ3v) is 2.64. The van der Waals surface area contributed by atoms with E-state index >= 15 is 0 Å². The summed E-state index contributed by atoms with van der Waals surface area (Å²) in [7, 11) is 0. The van der Waals surface area contributed by atoms with E-state index in [4.69, 9.17) is 11.0 Å². The van der Waals surface area contributed by atoms with E-state index in [2.05, 4.69) is 0 Å². The molecule has 0 radical (unpaired) electrons. The van der Waals surface area contributed by atoms with Crippen LogP contribution in [0.25, 0.3) is 0 Å². The van der Waals surface area contributed by atoms with Gasteiger partial charge >= 0.3 is 0 Å². The summed E-state index contributed by atoms with van der Waals surface area (Å²) < 4.78 is 26.3. The van der Waals surface area contributed by atoms with E-state index in [0.29, 0.717) is 4.88 Å². The molecule has 1 aromatic heterocycles. The largest absolute Gasteiger partial charge is 0.330 e. The monoisotopic (exact) mass is 202 g/mol. The Morgan fingerprint density at radius 2 is 2.23 bits per heavy atom. The van der Waals surface area contributed by atoms with E-state index < -0.39 is 5.92 Å². The Hall–Kier alpha value is -0.990. The molecule has 0 bridgehead atoms. The number of nitrogens with two attached hydrogens (primary N) is 1. The van der Waals surface area contributed by atoms with Crippen molar-refractivity contribution in [1.29, 1.82) is 5.26 Å². The molecule has 0 aliphatic rings. The van der Waals surface area contributed by atoms with Crippen molar-refractivity contribution in [3.63, 3.8) is 0 Å². The molecule has 0 fully saturated rings. The fourth-order valence-electron chi connectivity index (χ4n) is 0.899. The van der Waals surface area contributed by atoms with Gasteiger partial charge in [0.05, 0.1) is 4.88 Å². The molecule has 0 aromatic carbocycles. The van der Waals surface area contributed by atoms with Crippen LogP contribution in [0.15, 0.2) is 12.1 Å². The Balaban J connectivity index is 2.88. The molecule has 0 amide bonds. The molecule has 1 rings (SSSR count). The van der Waals surface area contributed by atoms with Gasteiger partial charge in [-0.05, 0) is 18.7 Å². The fraction of sp³-hybridized carbons (Fsp3) is 0.375.